The van der Waals surface area contributed by atoms with Gasteiger partial charge in [-0.1, -0.05) is 6.42 Å². The number of piperidine rings is 1. The van der Waals surface area contributed by atoms with Crippen molar-refractivity contribution in [3.8, 4) is 0 Å². The zero-order valence-corrected chi connectivity index (χ0v) is 11.3. The van der Waals surface area contributed by atoms with Crippen molar-refractivity contribution in [2.24, 2.45) is 11.8 Å². The van der Waals surface area contributed by atoms with Gasteiger partial charge in [-0.25, -0.2) is 9.78 Å². The molecule has 0 amide bonds. The summed E-state index contributed by atoms with van der Waals surface area (Å²) in [7, 11) is 0. The van der Waals surface area contributed by atoms with Gasteiger partial charge in [0, 0.05) is 19.3 Å². The molecule has 1 aliphatic heterocycles. The lowest BCUT2D eigenvalue weighted by Gasteiger charge is -2.42. The molecule has 4 heteroatoms. The van der Waals surface area contributed by atoms with Crippen LogP contribution in [0.5, 0.6) is 0 Å². The highest BCUT2D eigenvalue weighted by molar-refractivity contribution is 5.87. The summed E-state index contributed by atoms with van der Waals surface area (Å²) in [5, 5.41) is 8.99. The van der Waals surface area contributed by atoms with E-state index in [1.54, 1.807) is 6.07 Å². The normalized spacial score (nSPS) is 26.3. The van der Waals surface area contributed by atoms with Gasteiger partial charge in [0.1, 0.15) is 5.82 Å². The van der Waals surface area contributed by atoms with Gasteiger partial charge in [0.2, 0.25) is 0 Å². The molecule has 19 heavy (non-hydrogen) atoms. The molecule has 2 atom stereocenters. The lowest BCUT2D eigenvalue weighted by molar-refractivity contribution is 0.0696. The Morgan fingerprint density at radius 3 is 2.63 bits per heavy atom. The molecule has 1 saturated carbocycles. The van der Waals surface area contributed by atoms with Gasteiger partial charge < -0.3 is 10.0 Å². The lowest BCUT2D eigenvalue weighted by atomic mass is 9.78. The number of carboxylic acids is 1. The molecule has 1 N–H and O–H groups in total. The van der Waals surface area contributed by atoms with Gasteiger partial charge in [0.25, 0.3) is 0 Å². The maximum absolute atomic E-state index is 10.9. The van der Waals surface area contributed by atoms with E-state index < -0.39 is 5.97 Å². The molecule has 1 aliphatic carbocycles. The third-order valence-electron chi connectivity index (χ3n) is 4.45. The van der Waals surface area contributed by atoms with Crippen molar-refractivity contribution < 1.29 is 9.90 Å². The smallest absolute Gasteiger partial charge is 0.337 e. The number of hydrogen-bond donors (Lipinski definition) is 1. The van der Waals surface area contributed by atoms with Crippen LogP contribution in [-0.2, 0) is 0 Å². The molecule has 102 valence electrons. The molecule has 1 aromatic heterocycles. The van der Waals surface area contributed by atoms with Crippen LogP contribution in [-0.4, -0.2) is 29.1 Å². The molecule has 2 bridgehead atoms. The second-order valence-corrected chi connectivity index (χ2v) is 5.97. The van der Waals surface area contributed by atoms with Gasteiger partial charge in [0.15, 0.2) is 0 Å². The molecular weight excluding hydrogens is 240 g/mol. The topological polar surface area (TPSA) is 53.4 Å². The van der Waals surface area contributed by atoms with Gasteiger partial charge in [0.05, 0.1) is 5.56 Å². The maximum Gasteiger partial charge on any atom is 0.337 e. The van der Waals surface area contributed by atoms with Crippen molar-refractivity contribution in [3.63, 3.8) is 0 Å². The fraction of sp³-hybridized carbons (Fsp3) is 0.600. The molecule has 2 fully saturated rings. The summed E-state index contributed by atoms with van der Waals surface area (Å²) in [6.07, 6.45) is 6.88. The third kappa shape index (κ3) is 2.44. The van der Waals surface area contributed by atoms with Crippen LogP contribution in [0, 0.1) is 18.8 Å². The van der Waals surface area contributed by atoms with Crippen LogP contribution < -0.4 is 4.90 Å². The van der Waals surface area contributed by atoms with E-state index >= 15 is 0 Å². The number of aromatic carboxylic acids is 1. The van der Waals surface area contributed by atoms with Crippen molar-refractivity contribution in [1.29, 1.82) is 0 Å². The lowest BCUT2D eigenvalue weighted by Crippen LogP contribution is -2.43. The second kappa shape index (κ2) is 4.83. The van der Waals surface area contributed by atoms with Gasteiger partial charge >= 0.3 is 5.97 Å². The highest BCUT2D eigenvalue weighted by Gasteiger charge is 2.31. The molecule has 2 heterocycles. The summed E-state index contributed by atoms with van der Waals surface area (Å²) >= 11 is 0. The Hall–Kier alpha value is -1.58. The molecular formula is C15H20N2O2. The summed E-state index contributed by atoms with van der Waals surface area (Å²) < 4.78 is 0. The molecule has 0 aromatic carbocycles. The molecule has 1 aromatic rings. The van der Waals surface area contributed by atoms with E-state index in [1.807, 2.05) is 6.92 Å². The minimum absolute atomic E-state index is 0.276. The molecule has 4 nitrogen and oxygen atoms in total. The largest absolute Gasteiger partial charge is 0.478 e. The molecule has 1 saturated heterocycles. The SMILES string of the molecule is Cc1cc(C(=O)O)cnc1N1CC2CCCC(C2)C1. The molecule has 0 radical (unpaired) electrons. The van der Waals surface area contributed by atoms with E-state index in [0.717, 1.165) is 36.3 Å². The van der Waals surface area contributed by atoms with Gasteiger partial charge in [-0.3, -0.25) is 0 Å². The Kier molecular flexibility index (Phi) is 3.17. The minimum Gasteiger partial charge on any atom is -0.478 e. The van der Waals surface area contributed by atoms with Crippen molar-refractivity contribution in [3.05, 3.63) is 23.4 Å². The Morgan fingerprint density at radius 2 is 2.05 bits per heavy atom. The molecule has 3 rings (SSSR count). The number of anilines is 1. The summed E-state index contributed by atoms with van der Waals surface area (Å²) in [5.74, 6) is 1.67. The number of pyridine rings is 1. The van der Waals surface area contributed by atoms with Gasteiger partial charge in [-0.2, -0.15) is 0 Å². The number of fused-ring (bicyclic) bond motifs is 2. The first-order valence-electron chi connectivity index (χ1n) is 7.08. The quantitative estimate of drug-likeness (QED) is 0.888. The molecule has 2 aliphatic rings. The predicted octanol–water partition coefficient (Wildman–Crippen LogP) is 2.71. The monoisotopic (exact) mass is 260 g/mol. The highest BCUT2D eigenvalue weighted by atomic mass is 16.4. The summed E-state index contributed by atoms with van der Waals surface area (Å²) in [6, 6.07) is 1.73. The van der Waals surface area contributed by atoms with Crippen molar-refractivity contribution in [2.45, 2.75) is 32.6 Å². The standard InChI is InChI=1S/C15H20N2O2/c1-10-5-13(15(18)19)7-16-14(10)17-8-11-3-2-4-12(6-11)9-17/h5,7,11-12H,2-4,6,8-9H2,1H3,(H,18,19). The summed E-state index contributed by atoms with van der Waals surface area (Å²) in [5.41, 5.74) is 1.25. The fourth-order valence-electron chi connectivity index (χ4n) is 3.62. The molecule has 2 unspecified atom stereocenters. The van der Waals surface area contributed by atoms with Gasteiger partial charge in [-0.05, 0) is 49.7 Å². The number of carbonyl (C=O) groups is 1. The Morgan fingerprint density at radius 1 is 1.37 bits per heavy atom. The number of aryl methyl sites for hydroxylation is 1. The first-order chi connectivity index (χ1) is 9.13. The maximum atomic E-state index is 10.9. The van der Waals surface area contributed by atoms with Crippen molar-refractivity contribution in [1.82, 2.24) is 4.98 Å². The minimum atomic E-state index is -0.905. The average molecular weight is 260 g/mol. The number of hydrogen-bond acceptors (Lipinski definition) is 3. The number of rotatable bonds is 2. The van der Waals surface area contributed by atoms with Gasteiger partial charge in [-0.15, -0.1) is 0 Å². The third-order valence-corrected chi connectivity index (χ3v) is 4.45. The Labute approximate surface area is 113 Å². The van der Waals surface area contributed by atoms with Crippen LogP contribution in [0.15, 0.2) is 12.3 Å². The predicted molar refractivity (Wildman–Crippen MR) is 73.6 cm³/mol. The van der Waals surface area contributed by atoms with Crippen LogP contribution in [0.2, 0.25) is 0 Å². The van der Waals surface area contributed by atoms with Crippen LogP contribution in [0.25, 0.3) is 0 Å². The van der Waals surface area contributed by atoms with Crippen LogP contribution in [0.4, 0.5) is 5.82 Å². The van der Waals surface area contributed by atoms with Crippen LogP contribution >= 0.6 is 0 Å². The van der Waals surface area contributed by atoms with E-state index in [4.69, 9.17) is 5.11 Å². The zero-order chi connectivity index (χ0) is 13.4. The fourth-order valence-corrected chi connectivity index (χ4v) is 3.62. The van der Waals surface area contributed by atoms with E-state index in [0.29, 0.717) is 0 Å². The summed E-state index contributed by atoms with van der Waals surface area (Å²) in [6.45, 7) is 4.12. The average Bonchev–Trinajstić information content (AvgIpc) is 2.38. The first-order valence-corrected chi connectivity index (χ1v) is 7.08. The van der Waals surface area contributed by atoms with Crippen LogP contribution in [0.1, 0.15) is 41.6 Å². The number of carboxylic acid groups (broad SMARTS) is 1. The van der Waals surface area contributed by atoms with Crippen molar-refractivity contribution >= 4 is 11.8 Å². The number of nitrogens with zero attached hydrogens (tertiary/aromatic N) is 2. The highest BCUT2D eigenvalue weighted by Crippen LogP contribution is 2.36. The Balaban J connectivity index is 1.84. The molecule has 0 spiro atoms. The van der Waals surface area contributed by atoms with Crippen molar-refractivity contribution in [2.75, 3.05) is 18.0 Å². The van der Waals surface area contributed by atoms with E-state index in [1.165, 1.54) is 31.9 Å². The zero-order valence-electron chi connectivity index (χ0n) is 11.3. The van der Waals surface area contributed by atoms with E-state index in [9.17, 15) is 4.79 Å². The second-order valence-electron chi connectivity index (χ2n) is 5.97. The first kappa shape index (κ1) is 12.5. The van der Waals surface area contributed by atoms with Crippen LogP contribution in [0.3, 0.4) is 0 Å². The van der Waals surface area contributed by atoms with E-state index in [2.05, 4.69) is 9.88 Å². The van der Waals surface area contributed by atoms with E-state index in [-0.39, 0.29) is 5.56 Å². The summed E-state index contributed by atoms with van der Waals surface area (Å²) in [4.78, 5) is 17.7. The Bertz CT molecular complexity index is 489. The number of aromatic nitrogens is 1.